The van der Waals surface area contributed by atoms with Gasteiger partial charge in [0, 0.05) is 51.3 Å². The number of benzene rings is 1. The summed E-state index contributed by atoms with van der Waals surface area (Å²) in [5.74, 6) is 2.13. The number of nitrogens with one attached hydrogen (secondary N) is 2. The van der Waals surface area contributed by atoms with E-state index in [1.54, 1.807) is 0 Å². The number of aliphatic imine (C=N–C) groups is 1. The first-order chi connectivity index (χ1) is 13.6. The first-order valence-corrected chi connectivity index (χ1v) is 11.1. The van der Waals surface area contributed by atoms with E-state index in [4.69, 9.17) is 9.73 Å². The molecule has 2 N–H and O–H groups in total. The zero-order valence-electron chi connectivity index (χ0n) is 17.9. The minimum absolute atomic E-state index is 0.422. The van der Waals surface area contributed by atoms with E-state index < -0.39 is 0 Å². The number of guanidine groups is 1. The molecule has 0 radical (unpaired) electrons. The Balaban J connectivity index is 1.46. The minimum Gasteiger partial charge on any atom is -0.381 e. The second kappa shape index (κ2) is 10.8. The van der Waals surface area contributed by atoms with Crippen LogP contribution in [0.25, 0.3) is 0 Å². The Morgan fingerprint density at radius 1 is 1.29 bits per heavy atom. The molecule has 2 fully saturated rings. The van der Waals surface area contributed by atoms with Gasteiger partial charge in [-0.1, -0.05) is 36.8 Å². The summed E-state index contributed by atoms with van der Waals surface area (Å²) in [4.78, 5) is 7.49. The minimum atomic E-state index is 0.422. The molecule has 1 aromatic carbocycles. The zero-order valence-corrected chi connectivity index (χ0v) is 17.9. The van der Waals surface area contributed by atoms with Crippen LogP contribution in [0.3, 0.4) is 0 Å². The van der Waals surface area contributed by atoms with Crippen LogP contribution in [0.15, 0.2) is 29.3 Å². The van der Waals surface area contributed by atoms with Crippen molar-refractivity contribution in [1.82, 2.24) is 15.5 Å². The van der Waals surface area contributed by atoms with Crippen molar-refractivity contribution in [2.75, 3.05) is 45.9 Å². The van der Waals surface area contributed by atoms with Crippen LogP contribution in [0.5, 0.6) is 0 Å². The zero-order chi connectivity index (χ0) is 19.8. The molecule has 2 saturated heterocycles. The van der Waals surface area contributed by atoms with E-state index in [9.17, 15) is 0 Å². The molecule has 2 aliphatic heterocycles. The van der Waals surface area contributed by atoms with Crippen molar-refractivity contribution in [1.29, 1.82) is 0 Å². The van der Waals surface area contributed by atoms with Crippen LogP contribution in [0.1, 0.15) is 50.2 Å². The fraction of sp³-hybridized carbons (Fsp3) is 0.696. The van der Waals surface area contributed by atoms with E-state index in [-0.39, 0.29) is 0 Å². The lowest BCUT2D eigenvalue weighted by Crippen LogP contribution is -2.49. The van der Waals surface area contributed by atoms with Crippen molar-refractivity contribution >= 4 is 5.96 Å². The lowest BCUT2D eigenvalue weighted by Gasteiger charge is -2.34. The number of hydrogen-bond donors (Lipinski definition) is 2. The highest BCUT2D eigenvalue weighted by molar-refractivity contribution is 5.80. The summed E-state index contributed by atoms with van der Waals surface area (Å²) in [6, 6.07) is 9.28. The molecule has 28 heavy (non-hydrogen) atoms. The average Bonchev–Trinajstić information content (AvgIpc) is 3.20. The lowest BCUT2D eigenvalue weighted by atomic mass is 10.00. The van der Waals surface area contributed by atoms with Gasteiger partial charge in [-0.2, -0.15) is 0 Å². The van der Waals surface area contributed by atoms with Crippen molar-refractivity contribution in [3.05, 3.63) is 35.4 Å². The van der Waals surface area contributed by atoms with E-state index >= 15 is 0 Å². The Kier molecular flexibility index (Phi) is 8.16. The quantitative estimate of drug-likeness (QED) is 0.558. The molecule has 2 unspecified atom stereocenters. The molecule has 5 heteroatoms. The number of hydrogen-bond acceptors (Lipinski definition) is 3. The van der Waals surface area contributed by atoms with Gasteiger partial charge in [0.05, 0.1) is 6.61 Å². The topological polar surface area (TPSA) is 48.9 Å². The van der Waals surface area contributed by atoms with Gasteiger partial charge >= 0.3 is 0 Å². The van der Waals surface area contributed by atoms with E-state index in [0.717, 1.165) is 38.2 Å². The normalized spacial score (nSPS) is 23.0. The highest BCUT2D eigenvalue weighted by Crippen LogP contribution is 2.18. The van der Waals surface area contributed by atoms with Crippen molar-refractivity contribution in [2.24, 2.45) is 10.9 Å². The molecule has 2 aliphatic rings. The third-order valence-corrected chi connectivity index (χ3v) is 5.95. The van der Waals surface area contributed by atoms with Crippen molar-refractivity contribution < 1.29 is 4.74 Å². The van der Waals surface area contributed by atoms with Crippen LogP contribution in [-0.2, 0) is 4.74 Å². The second-order valence-corrected chi connectivity index (χ2v) is 8.48. The average molecular weight is 387 g/mol. The third-order valence-electron chi connectivity index (χ3n) is 5.95. The van der Waals surface area contributed by atoms with E-state index in [2.05, 4.69) is 60.6 Å². The van der Waals surface area contributed by atoms with Gasteiger partial charge in [0.2, 0.25) is 0 Å². The van der Waals surface area contributed by atoms with Crippen molar-refractivity contribution in [3.8, 4) is 0 Å². The Bertz CT molecular complexity index is 619. The fourth-order valence-electron chi connectivity index (χ4n) is 4.18. The number of nitrogens with zero attached hydrogens (tertiary/aromatic N) is 2. The Morgan fingerprint density at radius 3 is 2.79 bits per heavy atom. The van der Waals surface area contributed by atoms with Gasteiger partial charge in [0.1, 0.15) is 0 Å². The molecular weight excluding hydrogens is 348 g/mol. The summed E-state index contributed by atoms with van der Waals surface area (Å²) in [5, 5.41) is 7.10. The van der Waals surface area contributed by atoms with Gasteiger partial charge in [-0.15, -0.1) is 0 Å². The van der Waals surface area contributed by atoms with Crippen molar-refractivity contribution in [2.45, 2.75) is 52.0 Å². The maximum atomic E-state index is 5.52. The molecule has 0 aliphatic carbocycles. The van der Waals surface area contributed by atoms with Crippen LogP contribution < -0.4 is 10.6 Å². The molecule has 0 spiro atoms. The molecule has 0 bridgehead atoms. The Labute approximate surface area is 170 Å². The molecule has 0 amide bonds. The smallest absolute Gasteiger partial charge is 0.191 e. The van der Waals surface area contributed by atoms with Gasteiger partial charge in [-0.05, 0) is 44.6 Å². The number of piperidine rings is 1. The van der Waals surface area contributed by atoms with E-state index in [0.29, 0.717) is 12.0 Å². The van der Waals surface area contributed by atoms with Gasteiger partial charge in [-0.25, -0.2) is 0 Å². The molecule has 5 nitrogen and oxygen atoms in total. The van der Waals surface area contributed by atoms with E-state index in [1.807, 2.05) is 0 Å². The lowest BCUT2D eigenvalue weighted by molar-refractivity contribution is 0.150. The molecule has 2 atom stereocenters. The van der Waals surface area contributed by atoms with Gasteiger partial charge in [0.15, 0.2) is 5.96 Å². The Morgan fingerprint density at radius 2 is 2.11 bits per heavy atom. The molecule has 1 aromatic rings. The Hall–Kier alpha value is -1.59. The maximum absolute atomic E-state index is 5.52. The highest BCUT2D eigenvalue weighted by atomic mass is 16.5. The van der Waals surface area contributed by atoms with Crippen LogP contribution in [0, 0.1) is 12.8 Å². The number of likely N-dealkylation sites (tertiary alicyclic amines) is 1. The largest absolute Gasteiger partial charge is 0.381 e. The summed E-state index contributed by atoms with van der Waals surface area (Å²) in [5.41, 5.74) is 2.68. The van der Waals surface area contributed by atoms with Crippen LogP contribution in [-0.4, -0.2) is 62.8 Å². The van der Waals surface area contributed by atoms with Gasteiger partial charge in [-0.3, -0.25) is 4.99 Å². The van der Waals surface area contributed by atoms with Crippen LogP contribution in [0.2, 0.25) is 0 Å². The number of rotatable bonds is 7. The number of ether oxygens (including phenoxy) is 1. The third kappa shape index (κ3) is 6.49. The fourth-order valence-corrected chi connectivity index (χ4v) is 4.18. The second-order valence-electron chi connectivity index (χ2n) is 8.48. The van der Waals surface area contributed by atoms with E-state index in [1.165, 1.54) is 50.0 Å². The highest BCUT2D eigenvalue weighted by Gasteiger charge is 2.24. The standard InChI is InChI=1S/C23H38N4O/c1-4-24-23(25-15-19(3)21-7-5-6-18(2)14-21)26-22-8-11-27(12-9-22)16-20-10-13-28-17-20/h5-7,14,19-20,22H,4,8-13,15-17H2,1-3H3,(H2,24,25,26). The predicted molar refractivity (Wildman–Crippen MR) is 117 cm³/mol. The summed E-state index contributed by atoms with van der Waals surface area (Å²) >= 11 is 0. The molecule has 0 saturated carbocycles. The first-order valence-electron chi connectivity index (χ1n) is 11.1. The molecular formula is C23H38N4O. The number of aryl methyl sites for hydroxylation is 1. The van der Waals surface area contributed by atoms with Gasteiger partial charge in [0.25, 0.3) is 0 Å². The predicted octanol–water partition coefficient (Wildman–Crippen LogP) is 3.15. The first kappa shape index (κ1) is 21.1. The summed E-state index contributed by atoms with van der Waals surface area (Å²) in [7, 11) is 0. The monoisotopic (exact) mass is 386 g/mol. The van der Waals surface area contributed by atoms with Crippen LogP contribution >= 0.6 is 0 Å². The maximum Gasteiger partial charge on any atom is 0.191 e. The molecule has 3 rings (SSSR count). The molecule has 156 valence electrons. The van der Waals surface area contributed by atoms with Gasteiger partial charge < -0.3 is 20.3 Å². The molecule has 0 aromatic heterocycles. The van der Waals surface area contributed by atoms with Crippen molar-refractivity contribution in [3.63, 3.8) is 0 Å². The summed E-state index contributed by atoms with van der Waals surface area (Å²) in [6.07, 6.45) is 3.60. The SMILES string of the molecule is CCNC(=NCC(C)c1cccc(C)c1)NC1CCN(CC2CCOC2)CC1. The van der Waals surface area contributed by atoms with Crippen LogP contribution in [0.4, 0.5) is 0 Å². The summed E-state index contributed by atoms with van der Waals surface area (Å²) < 4.78 is 5.52. The molecule has 2 heterocycles. The summed E-state index contributed by atoms with van der Waals surface area (Å²) in [6.45, 7) is 13.7.